The Morgan fingerprint density at radius 2 is 2.17 bits per heavy atom. The molecule has 4 nitrogen and oxygen atoms in total. The van der Waals surface area contributed by atoms with E-state index in [-0.39, 0.29) is 12.3 Å². The average molecular weight is 258 g/mol. The van der Waals surface area contributed by atoms with E-state index in [9.17, 15) is 4.79 Å². The summed E-state index contributed by atoms with van der Waals surface area (Å²) in [6.45, 7) is 1.76. The first-order valence-electron chi connectivity index (χ1n) is 5.27. The molecule has 0 atom stereocenters. The van der Waals surface area contributed by atoms with Crippen molar-refractivity contribution in [2.45, 2.75) is 6.92 Å². The van der Waals surface area contributed by atoms with Crippen LogP contribution in [0.5, 0.6) is 0 Å². The van der Waals surface area contributed by atoms with Crippen LogP contribution < -0.4 is 0 Å². The second-order valence-corrected chi connectivity index (χ2v) is 4.50. The number of rotatable bonds is 3. The van der Waals surface area contributed by atoms with E-state index in [0.717, 1.165) is 10.6 Å². The molecule has 1 heterocycles. The van der Waals surface area contributed by atoms with Gasteiger partial charge >= 0.3 is 5.97 Å². The summed E-state index contributed by atoms with van der Waals surface area (Å²) in [6, 6.07) is 9.64. The van der Waals surface area contributed by atoms with Crippen LogP contribution in [0.4, 0.5) is 0 Å². The van der Waals surface area contributed by atoms with Crippen LogP contribution >= 0.6 is 11.3 Å². The van der Waals surface area contributed by atoms with E-state index in [1.165, 1.54) is 16.9 Å². The number of ether oxygens (including phenoxy) is 1. The normalized spacial score (nSPS) is 9.78. The second kappa shape index (κ2) is 5.43. The molecule has 0 N–H and O–H groups in total. The van der Waals surface area contributed by atoms with Crippen molar-refractivity contribution in [3.63, 3.8) is 0 Å². The lowest BCUT2D eigenvalue weighted by Gasteiger charge is -1.97. The Labute approximate surface area is 108 Å². The minimum Gasteiger partial charge on any atom is -0.446 e. The minimum atomic E-state index is -0.564. The van der Waals surface area contributed by atoms with Crippen LogP contribution in [0.2, 0.25) is 0 Å². The van der Waals surface area contributed by atoms with E-state index in [4.69, 9.17) is 5.26 Å². The average Bonchev–Trinajstić information content (AvgIpc) is 2.86. The summed E-state index contributed by atoms with van der Waals surface area (Å²) in [7, 11) is 0. The van der Waals surface area contributed by atoms with Gasteiger partial charge in [-0.1, -0.05) is 29.8 Å². The summed E-state index contributed by atoms with van der Waals surface area (Å²) < 4.78 is 4.69. The van der Waals surface area contributed by atoms with E-state index < -0.39 is 5.97 Å². The fourth-order valence-electron chi connectivity index (χ4n) is 1.37. The van der Waals surface area contributed by atoms with Gasteiger partial charge < -0.3 is 4.74 Å². The highest BCUT2D eigenvalue weighted by atomic mass is 32.1. The summed E-state index contributed by atoms with van der Waals surface area (Å²) >= 11 is 1.38. The maximum atomic E-state index is 11.5. The number of carbonyl (C=O) groups excluding carboxylic acids is 1. The molecular formula is C13H10N2O2S. The van der Waals surface area contributed by atoms with Crippen molar-refractivity contribution in [2.24, 2.45) is 0 Å². The number of thiazole rings is 1. The third-order valence-corrected chi connectivity index (χ3v) is 3.17. The number of hydrogen-bond acceptors (Lipinski definition) is 5. The summed E-state index contributed by atoms with van der Waals surface area (Å²) in [5, 5.41) is 10.7. The number of aromatic nitrogens is 1. The van der Waals surface area contributed by atoms with Gasteiger partial charge in [-0.25, -0.2) is 9.78 Å². The molecule has 0 spiro atoms. The van der Waals surface area contributed by atoms with Gasteiger partial charge in [0.25, 0.3) is 0 Å². The van der Waals surface area contributed by atoms with Gasteiger partial charge in [-0.15, -0.1) is 11.3 Å². The van der Waals surface area contributed by atoms with Gasteiger partial charge in [0.1, 0.15) is 11.1 Å². The quantitative estimate of drug-likeness (QED) is 0.794. The molecule has 1 aromatic carbocycles. The Balaban J connectivity index is 2.18. The Hall–Kier alpha value is -2.19. The molecule has 0 fully saturated rings. The van der Waals surface area contributed by atoms with E-state index in [1.54, 1.807) is 11.4 Å². The predicted molar refractivity (Wildman–Crippen MR) is 68.2 cm³/mol. The van der Waals surface area contributed by atoms with Crippen molar-refractivity contribution in [2.75, 3.05) is 6.61 Å². The lowest BCUT2D eigenvalue weighted by molar-refractivity contribution is 0.0549. The molecule has 1 aromatic heterocycles. The topological polar surface area (TPSA) is 63.0 Å². The number of nitrogens with zero attached hydrogens (tertiary/aromatic N) is 2. The fourth-order valence-corrected chi connectivity index (χ4v) is 2.16. The van der Waals surface area contributed by atoms with Crippen molar-refractivity contribution in [1.82, 2.24) is 4.98 Å². The van der Waals surface area contributed by atoms with Gasteiger partial charge in [0.2, 0.25) is 0 Å². The van der Waals surface area contributed by atoms with Crippen molar-refractivity contribution in [1.29, 1.82) is 5.26 Å². The van der Waals surface area contributed by atoms with Crippen LogP contribution in [0, 0.1) is 18.3 Å². The van der Waals surface area contributed by atoms with Gasteiger partial charge in [0.05, 0.1) is 0 Å². The molecule has 0 amide bonds. The number of benzene rings is 1. The van der Waals surface area contributed by atoms with Crippen LogP contribution in [-0.4, -0.2) is 17.6 Å². The van der Waals surface area contributed by atoms with E-state index in [0.29, 0.717) is 0 Å². The third kappa shape index (κ3) is 2.73. The SMILES string of the molecule is Cc1ccc(-c2nc(C(=O)OCC#N)cs2)cc1. The van der Waals surface area contributed by atoms with Gasteiger partial charge in [-0.05, 0) is 6.92 Å². The largest absolute Gasteiger partial charge is 0.446 e. The molecule has 0 saturated carbocycles. The molecule has 90 valence electrons. The summed E-state index contributed by atoms with van der Waals surface area (Å²) in [6.07, 6.45) is 0. The number of aryl methyl sites for hydroxylation is 1. The molecule has 0 saturated heterocycles. The summed E-state index contributed by atoms with van der Waals surface area (Å²) in [5.41, 5.74) is 2.37. The molecule has 18 heavy (non-hydrogen) atoms. The molecule has 2 rings (SSSR count). The van der Waals surface area contributed by atoms with Crippen molar-refractivity contribution in [3.8, 4) is 16.6 Å². The van der Waals surface area contributed by atoms with Crippen LogP contribution in [0.1, 0.15) is 16.1 Å². The molecule has 0 aliphatic carbocycles. The van der Waals surface area contributed by atoms with E-state index in [1.807, 2.05) is 31.2 Å². The number of carbonyl (C=O) groups is 1. The highest BCUT2D eigenvalue weighted by Gasteiger charge is 2.12. The smallest absolute Gasteiger partial charge is 0.358 e. The zero-order valence-corrected chi connectivity index (χ0v) is 10.5. The molecular weight excluding hydrogens is 248 g/mol. The zero-order valence-electron chi connectivity index (χ0n) is 9.71. The number of esters is 1. The van der Waals surface area contributed by atoms with E-state index in [2.05, 4.69) is 9.72 Å². The molecule has 0 radical (unpaired) electrons. The standard InChI is InChI=1S/C13H10N2O2S/c1-9-2-4-10(5-3-9)12-15-11(8-18-12)13(16)17-7-6-14/h2-5,8H,7H2,1H3. The molecule has 0 unspecified atom stereocenters. The second-order valence-electron chi connectivity index (χ2n) is 3.64. The Morgan fingerprint density at radius 3 is 2.83 bits per heavy atom. The molecule has 2 aromatic rings. The summed E-state index contributed by atoms with van der Waals surface area (Å²) in [4.78, 5) is 15.7. The maximum Gasteiger partial charge on any atom is 0.358 e. The first-order valence-corrected chi connectivity index (χ1v) is 6.15. The number of nitriles is 1. The van der Waals surface area contributed by atoms with Crippen molar-refractivity contribution >= 4 is 17.3 Å². The third-order valence-electron chi connectivity index (χ3n) is 2.28. The fraction of sp³-hybridized carbons (Fsp3) is 0.154. The molecule has 0 aliphatic rings. The zero-order chi connectivity index (χ0) is 13.0. The van der Waals surface area contributed by atoms with Crippen LogP contribution in [0.3, 0.4) is 0 Å². The summed E-state index contributed by atoms with van der Waals surface area (Å²) in [5.74, 6) is -0.564. The minimum absolute atomic E-state index is 0.242. The Kier molecular flexibility index (Phi) is 3.70. The maximum absolute atomic E-state index is 11.5. The highest BCUT2D eigenvalue weighted by molar-refractivity contribution is 7.13. The van der Waals surface area contributed by atoms with Crippen LogP contribution in [0.15, 0.2) is 29.6 Å². The monoisotopic (exact) mass is 258 g/mol. The van der Waals surface area contributed by atoms with Crippen molar-refractivity contribution in [3.05, 3.63) is 40.9 Å². The lowest BCUT2D eigenvalue weighted by Crippen LogP contribution is -2.05. The molecule has 0 bridgehead atoms. The first-order chi connectivity index (χ1) is 8.70. The molecule has 5 heteroatoms. The lowest BCUT2D eigenvalue weighted by atomic mass is 10.2. The molecule has 0 aliphatic heterocycles. The Bertz CT molecular complexity index is 596. The Morgan fingerprint density at radius 1 is 1.44 bits per heavy atom. The van der Waals surface area contributed by atoms with Crippen LogP contribution in [0.25, 0.3) is 10.6 Å². The van der Waals surface area contributed by atoms with Gasteiger partial charge in [0, 0.05) is 10.9 Å². The van der Waals surface area contributed by atoms with Gasteiger partial charge in [-0.3, -0.25) is 0 Å². The predicted octanol–water partition coefficient (Wildman–Crippen LogP) is 2.80. The number of hydrogen-bond donors (Lipinski definition) is 0. The highest BCUT2D eigenvalue weighted by Crippen LogP contribution is 2.24. The first kappa shape index (κ1) is 12.3. The van der Waals surface area contributed by atoms with Crippen LogP contribution in [-0.2, 0) is 4.74 Å². The van der Waals surface area contributed by atoms with Gasteiger partial charge in [0.15, 0.2) is 12.3 Å². The van der Waals surface area contributed by atoms with Crippen molar-refractivity contribution < 1.29 is 9.53 Å². The van der Waals surface area contributed by atoms with E-state index >= 15 is 0 Å². The van der Waals surface area contributed by atoms with Gasteiger partial charge in [-0.2, -0.15) is 5.26 Å².